The van der Waals surface area contributed by atoms with Crippen LogP contribution in [0.4, 0.5) is 10.1 Å². The fourth-order valence-corrected chi connectivity index (χ4v) is 3.47. The molecule has 0 aliphatic carbocycles. The van der Waals surface area contributed by atoms with Gasteiger partial charge in [-0.15, -0.1) is 0 Å². The highest BCUT2D eigenvalue weighted by molar-refractivity contribution is 9.10. The van der Waals surface area contributed by atoms with E-state index in [0.29, 0.717) is 17.1 Å². The van der Waals surface area contributed by atoms with Gasteiger partial charge in [-0.05, 0) is 59.3 Å². The van der Waals surface area contributed by atoms with Crippen LogP contribution in [0.5, 0.6) is 0 Å². The maximum Gasteiger partial charge on any atom is 0.273 e. The smallest absolute Gasteiger partial charge is 0.273 e. The van der Waals surface area contributed by atoms with E-state index >= 15 is 0 Å². The lowest BCUT2D eigenvalue weighted by atomic mass is 10.1. The molecule has 0 unspecified atom stereocenters. The number of hydrogen-bond donors (Lipinski definition) is 1. The Morgan fingerprint density at radius 1 is 1.07 bits per heavy atom. The van der Waals surface area contributed by atoms with Crippen molar-refractivity contribution >= 4 is 38.3 Å². The van der Waals surface area contributed by atoms with Crippen LogP contribution in [0.2, 0.25) is 0 Å². The predicted molar refractivity (Wildman–Crippen MR) is 108 cm³/mol. The fourth-order valence-electron chi connectivity index (χ4n) is 2.96. The van der Waals surface area contributed by atoms with Gasteiger partial charge in [-0.1, -0.05) is 34.1 Å². The summed E-state index contributed by atoms with van der Waals surface area (Å²) in [6.07, 6.45) is 0. The second kappa shape index (κ2) is 6.96. The van der Waals surface area contributed by atoms with E-state index in [9.17, 15) is 9.18 Å². The number of fused-ring (bicyclic) bond motifs is 1. The molecule has 0 saturated heterocycles. The molecule has 0 saturated carbocycles. The third-order valence-corrected chi connectivity index (χ3v) is 5.03. The van der Waals surface area contributed by atoms with E-state index in [1.165, 1.54) is 16.8 Å². The quantitative estimate of drug-likeness (QED) is 0.479. The van der Waals surface area contributed by atoms with Crippen molar-refractivity contribution in [2.24, 2.45) is 7.05 Å². The highest BCUT2D eigenvalue weighted by Gasteiger charge is 2.15. The first-order valence-electron chi connectivity index (χ1n) is 8.31. The summed E-state index contributed by atoms with van der Waals surface area (Å²) in [5.74, 6) is -0.566. The molecule has 4 nitrogen and oxygen atoms in total. The number of nitrogens with one attached hydrogen (secondary N) is 1. The Labute approximate surface area is 163 Å². The number of aryl methyl sites for hydroxylation is 1. The number of hydrogen-bond acceptors (Lipinski definition) is 2. The van der Waals surface area contributed by atoms with Gasteiger partial charge in [-0.25, -0.2) is 4.39 Å². The summed E-state index contributed by atoms with van der Waals surface area (Å²) in [4.78, 5) is 12.7. The summed E-state index contributed by atoms with van der Waals surface area (Å²) >= 11 is 3.53. The Kier molecular flexibility index (Phi) is 4.49. The van der Waals surface area contributed by atoms with Crippen LogP contribution in [-0.4, -0.2) is 15.7 Å². The zero-order valence-electron chi connectivity index (χ0n) is 14.4. The molecule has 1 N–H and O–H groups in total. The molecular formula is C21H15BrFN3O. The topological polar surface area (TPSA) is 46.9 Å². The minimum Gasteiger partial charge on any atom is -0.321 e. The third kappa shape index (κ3) is 3.48. The van der Waals surface area contributed by atoms with E-state index in [2.05, 4.69) is 26.3 Å². The summed E-state index contributed by atoms with van der Waals surface area (Å²) < 4.78 is 15.6. The molecule has 0 radical (unpaired) electrons. The van der Waals surface area contributed by atoms with E-state index in [1.807, 2.05) is 36.4 Å². The Balaban J connectivity index is 1.61. The van der Waals surface area contributed by atoms with Crippen molar-refractivity contribution in [1.82, 2.24) is 9.78 Å². The minimum atomic E-state index is -0.310. The number of amides is 1. The van der Waals surface area contributed by atoms with Crippen molar-refractivity contribution in [1.29, 1.82) is 0 Å². The van der Waals surface area contributed by atoms with Crippen LogP contribution in [0.1, 0.15) is 10.5 Å². The zero-order chi connectivity index (χ0) is 19.0. The Morgan fingerprint density at radius 2 is 1.85 bits per heavy atom. The van der Waals surface area contributed by atoms with E-state index in [4.69, 9.17) is 0 Å². The normalized spacial score (nSPS) is 10.9. The molecule has 0 spiro atoms. The molecule has 1 heterocycles. The Hall–Kier alpha value is -2.99. The molecule has 1 amide bonds. The van der Waals surface area contributed by atoms with E-state index < -0.39 is 0 Å². The molecule has 4 aromatic rings. The van der Waals surface area contributed by atoms with Crippen LogP contribution < -0.4 is 5.32 Å². The summed E-state index contributed by atoms with van der Waals surface area (Å²) in [7, 11) is 1.71. The monoisotopic (exact) mass is 423 g/mol. The van der Waals surface area contributed by atoms with Gasteiger partial charge in [-0.2, -0.15) is 5.10 Å². The van der Waals surface area contributed by atoms with Crippen LogP contribution >= 0.6 is 15.9 Å². The average Bonchev–Trinajstić information content (AvgIpc) is 3.04. The molecule has 6 heteroatoms. The number of carbonyl (C=O) groups excluding carboxylic acids is 1. The lowest BCUT2D eigenvalue weighted by molar-refractivity contribution is 0.101. The second-order valence-electron chi connectivity index (χ2n) is 6.18. The van der Waals surface area contributed by atoms with Crippen LogP contribution in [0.15, 0.2) is 71.2 Å². The first-order chi connectivity index (χ1) is 13.0. The summed E-state index contributed by atoms with van der Waals surface area (Å²) in [5, 5.41) is 9.38. The Bertz CT molecular complexity index is 1150. The van der Waals surface area contributed by atoms with Gasteiger partial charge in [0.25, 0.3) is 5.91 Å². The number of rotatable bonds is 3. The molecule has 4 rings (SSSR count). The molecule has 1 aromatic heterocycles. The van der Waals surface area contributed by atoms with Crippen molar-refractivity contribution in [3.8, 4) is 11.3 Å². The number of nitrogens with zero attached hydrogens (tertiary/aromatic N) is 2. The van der Waals surface area contributed by atoms with Crippen molar-refractivity contribution in [2.45, 2.75) is 0 Å². The van der Waals surface area contributed by atoms with Gasteiger partial charge in [0.1, 0.15) is 11.5 Å². The van der Waals surface area contributed by atoms with Crippen LogP contribution in [0, 0.1) is 5.82 Å². The molecule has 134 valence electrons. The second-order valence-corrected chi connectivity index (χ2v) is 7.03. The zero-order valence-corrected chi connectivity index (χ0v) is 16.0. The number of carbonyl (C=O) groups is 1. The van der Waals surface area contributed by atoms with Gasteiger partial charge in [0, 0.05) is 22.8 Å². The standard InChI is InChI=1S/C21H15BrFN3O/c1-26-20(12-19(25-26)13-5-7-15(23)8-6-13)21(27)24-16-9-10-17-14(11-16)3-2-4-18(17)22/h2-12H,1H3,(H,24,27). The number of aromatic nitrogens is 2. The SMILES string of the molecule is Cn1nc(-c2ccc(F)cc2)cc1C(=O)Nc1ccc2c(Br)cccc2c1. The van der Waals surface area contributed by atoms with Crippen LogP contribution in [0.3, 0.4) is 0 Å². The van der Waals surface area contributed by atoms with Gasteiger partial charge in [0.05, 0.1) is 5.69 Å². The number of benzene rings is 3. The van der Waals surface area contributed by atoms with Crippen LogP contribution in [-0.2, 0) is 7.05 Å². The molecule has 0 aliphatic rings. The maximum absolute atomic E-state index is 13.1. The van der Waals surface area contributed by atoms with Gasteiger partial charge < -0.3 is 5.32 Å². The van der Waals surface area contributed by atoms with E-state index in [-0.39, 0.29) is 11.7 Å². The molecule has 27 heavy (non-hydrogen) atoms. The first kappa shape index (κ1) is 17.4. The minimum absolute atomic E-state index is 0.257. The van der Waals surface area contributed by atoms with E-state index in [0.717, 1.165) is 20.8 Å². The maximum atomic E-state index is 13.1. The van der Waals surface area contributed by atoms with Crippen molar-refractivity contribution in [2.75, 3.05) is 5.32 Å². The van der Waals surface area contributed by atoms with Crippen LogP contribution in [0.25, 0.3) is 22.0 Å². The number of anilines is 1. The molecule has 3 aromatic carbocycles. The summed E-state index contributed by atoms with van der Waals surface area (Å²) in [6.45, 7) is 0. The molecular weight excluding hydrogens is 409 g/mol. The molecule has 0 fully saturated rings. The van der Waals surface area contributed by atoms with Gasteiger partial charge in [0.15, 0.2) is 0 Å². The number of halogens is 2. The van der Waals surface area contributed by atoms with Crippen molar-refractivity contribution < 1.29 is 9.18 Å². The van der Waals surface area contributed by atoms with Gasteiger partial charge >= 0.3 is 0 Å². The molecule has 0 aliphatic heterocycles. The van der Waals surface area contributed by atoms with Gasteiger partial charge in [-0.3, -0.25) is 9.48 Å². The average molecular weight is 424 g/mol. The van der Waals surface area contributed by atoms with Crippen molar-refractivity contribution in [3.63, 3.8) is 0 Å². The predicted octanol–water partition coefficient (Wildman–Crippen LogP) is 5.39. The van der Waals surface area contributed by atoms with Gasteiger partial charge in [0.2, 0.25) is 0 Å². The third-order valence-electron chi connectivity index (χ3n) is 4.34. The Morgan fingerprint density at radius 3 is 2.63 bits per heavy atom. The molecule has 0 atom stereocenters. The first-order valence-corrected chi connectivity index (χ1v) is 9.10. The molecule has 0 bridgehead atoms. The van der Waals surface area contributed by atoms with E-state index in [1.54, 1.807) is 25.2 Å². The highest BCUT2D eigenvalue weighted by Crippen LogP contribution is 2.27. The lowest BCUT2D eigenvalue weighted by Gasteiger charge is -2.07. The van der Waals surface area contributed by atoms with Crippen molar-refractivity contribution in [3.05, 3.63) is 82.7 Å². The summed E-state index contributed by atoms with van der Waals surface area (Å²) in [5.41, 5.74) is 2.49. The highest BCUT2D eigenvalue weighted by atomic mass is 79.9. The largest absolute Gasteiger partial charge is 0.321 e. The lowest BCUT2D eigenvalue weighted by Crippen LogP contribution is -2.15. The fraction of sp³-hybridized carbons (Fsp3) is 0.0476. The summed E-state index contributed by atoms with van der Waals surface area (Å²) in [6, 6.07) is 19.4.